The van der Waals surface area contributed by atoms with E-state index in [2.05, 4.69) is 43.0 Å². The van der Waals surface area contributed by atoms with Crippen molar-refractivity contribution in [3.63, 3.8) is 0 Å². The van der Waals surface area contributed by atoms with E-state index in [1.807, 2.05) is 6.07 Å². The molecule has 0 N–H and O–H groups in total. The minimum atomic E-state index is -0.830. The lowest BCUT2D eigenvalue weighted by atomic mass is 9.78. The van der Waals surface area contributed by atoms with Gasteiger partial charge in [-0.2, -0.15) is 0 Å². The van der Waals surface area contributed by atoms with Crippen molar-refractivity contribution in [1.82, 2.24) is 0 Å². The summed E-state index contributed by atoms with van der Waals surface area (Å²) in [5, 5.41) is 1.33. The monoisotopic (exact) mass is 444 g/mol. The van der Waals surface area contributed by atoms with E-state index < -0.39 is 11.6 Å². The Hall–Kier alpha value is -2.66. The number of aryl methyl sites for hydroxylation is 1. The van der Waals surface area contributed by atoms with E-state index in [-0.39, 0.29) is 0 Å². The van der Waals surface area contributed by atoms with Crippen molar-refractivity contribution in [3.8, 4) is 11.8 Å². The first-order chi connectivity index (χ1) is 16.1. The number of hydrogen-bond acceptors (Lipinski definition) is 0. The van der Waals surface area contributed by atoms with Crippen molar-refractivity contribution in [2.45, 2.75) is 71.1 Å². The van der Waals surface area contributed by atoms with Gasteiger partial charge in [0.05, 0.1) is 0 Å². The van der Waals surface area contributed by atoms with E-state index in [1.54, 1.807) is 12.1 Å². The Labute approximate surface area is 197 Å². The molecule has 3 aromatic carbocycles. The summed E-state index contributed by atoms with van der Waals surface area (Å²) >= 11 is 0. The second-order valence-corrected chi connectivity index (χ2v) is 9.70. The van der Waals surface area contributed by atoms with Crippen molar-refractivity contribution in [2.24, 2.45) is 11.8 Å². The highest BCUT2D eigenvalue weighted by Gasteiger charge is 2.20. The van der Waals surface area contributed by atoms with Crippen LogP contribution < -0.4 is 0 Å². The third-order valence-corrected chi connectivity index (χ3v) is 7.21. The normalized spacial score (nSPS) is 18.2. The van der Waals surface area contributed by atoms with E-state index in [0.717, 1.165) is 29.4 Å². The summed E-state index contributed by atoms with van der Waals surface area (Å²) in [7, 11) is 0. The summed E-state index contributed by atoms with van der Waals surface area (Å²) in [4.78, 5) is 0. The smallest absolute Gasteiger partial charge is 0.159 e. The van der Waals surface area contributed by atoms with Crippen LogP contribution in [0.3, 0.4) is 0 Å². The molecule has 0 heterocycles. The van der Waals surface area contributed by atoms with Gasteiger partial charge in [0.25, 0.3) is 0 Å². The summed E-state index contributed by atoms with van der Waals surface area (Å²) < 4.78 is 26.9. The van der Waals surface area contributed by atoms with Gasteiger partial charge in [0.15, 0.2) is 11.6 Å². The quantitative estimate of drug-likeness (QED) is 0.252. The van der Waals surface area contributed by atoms with E-state index in [1.165, 1.54) is 75.5 Å². The molecule has 0 aromatic heterocycles. The molecule has 0 radical (unpaired) electrons. The second kappa shape index (κ2) is 11.5. The number of hydrogen-bond donors (Lipinski definition) is 0. The van der Waals surface area contributed by atoms with E-state index >= 15 is 0 Å². The van der Waals surface area contributed by atoms with Gasteiger partial charge in [0.2, 0.25) is 0 Å². The van der Waals surface area contributed by atoms with E-state index in [9.17, 15) is 8.78 Å². The second-order valence-electron chi connectivity index (χ2n) is 9.70. The first kappa shape index (κ1) is 23.5. The Bertz CT molecular complexity index is 1110. The molecule has 0 atom stereocenters. The van der Waals surface area contributed by atoms with Crippen LogP contribution in [0, 0.1) is 35.3 Å². The van der Waals surface area contributed by atoms with Gasteiger partial charge in [-0.25, -0.2) is 8.78 Å². The first-order valence-corrected chi connectivity index (χ1v) is 12.6. The van der Waals surface area contributed by atoms with Gasteiger partial charge in [0.1, 0.15) is 0 Å². The maximum atomic E-state index is 13.5. The number of unbranched alkanes of at least 4 members (excludes halogenated alkanes) is 2. The average molecular weight is 445 g/mol. The Balaban J connectivity index is 1.28. The summed E-state index contributed by atoms with van der Waals surface area (Å²) in [5.74, 6) is 6.55. The zero-order valence-corrected chi connectivity index (χ0v) is 19.7. The van der Waals surface area contributed by atoms with Crippen molar-refractivity contribution in [2.75, 3.05) is 0 Å². The Morgan fingerprint density at radius 3 is 2.00 bits per heavy atom. The molecule has 1 aliphatic rings. The molecule has 3 aromatic rings. The van der Waals surface area contributed by atoms with Crippen LogP contribution in [0.4, 0.5) is 8.78 Å². The van der Waals surface area contributed by atoms with Crippen LogP contribution in [0.15, 0.2) is 54.6 Å². The molecule has 33 heavy (non-hydrogen) atoms. The summed E-state index contributed by atoms with van der Waals surface area (Å²) in [6.45, 7) is 2.29. The Morgan fingerprint density at radius 2 is 1.30 bits per heavy atom. The molecule has 172 valence electrons. The van der Waals surface area contributed by atoms with E-state index in [0.29, 0.717) is 10.8 Å². The van der Waals surface area contributed by atoms with Crippen LogP contribution >= 0.6 is 0 Å². The predicted molar refractivity (Wildman–Crippen MR) is 134 cm³/mol. The van der Waals surface area contributed by atoms with Gasteiger partial charge in [0, 0.05) is 11.1 Å². The topological polar surface area (TPSA) is 0 Å². The number of halogens is 2. The molecule has 0 spiro atoms. The standard InChI is InChI=1S/C31H34F2/c1-2-3-4-5-23-6-8-24(9-7-23)10-11-25-12-14-26(15-13-25)16-17-27-18-19-28-21-30(32)31(33)22-29(28)20-27/h12-15,18-24H,2-11H2,1H3. The molecule has 0 bridgehead atoms. The molecule has 2 heteroatoms. The number of benzene rings is 3. The molecule has 1 saturated carbocycles. The van der Waals surface area contributed by atoms with Crippen molar-refractivity contribution in [1.29, 1.82) is 0 Å². The maximum Gasteiger partial charge on any atom is 0.159 e. The zero-order valence-electron chi connectivity index (χ0n) is 19.7. The summed E-state index contributed by atoms with van der Waals surface area (Å²) in [5.41, 5.74) is 3.15. The minimum Gasteiger partial charge on any atom is -0.204 e. The van der Waals surface area contributed by atoms with Crippen LogP contribution in [0.25, 0.3) is 10.8 Å². The SMILES string of the molecule is CCCCCC1CCC(CCc2ccc(C#Cc3ccc4cc(F)c(F)cc4c3)cc2)CC1. The van der Waals surface area contributed by atoms with Gasteiger partial charge in [-0.05, 0) is 77.4 Å². The molecule has 0 unspecified atom stereocenters. The first-order valence-electron chi connectivity index (χ1n) is 12.6. The molecule has 0 saturated heterocycles. The zero-order chi connectivity index (χ0) is 23.0. The fourth-order valence-corrected chi connectivity index (χ4v) is 5.08. The van der Waals surface area contributed by atoms with Crippen molar-refractivity contribution >= 4 is 10.8 Å². The molecule has 1 aliphatic carbocycles. The maximum absolute atomic E-state index is 13.5. The van der Waals surface area contributed by atoms with Crippen LogP contribution in [-0.4, -0.2) is 0 Å². The molecule has 0 amide bonds. The third-order valence-electron chi connectivity index (χ3n) is 7.21. The summed E-state index contributed by atoms with van der Waals surface area (Å²) in [6.07, 6.45) is 13.7. The lowest BCUT2D eigenvalue weighted by molar-refractivity contribution is 0.249. The highest BCUT2D eigenvalue weighted by Crippen LogP contribution is 2.34. The highest BCUT2D eigenvalue weighted by molar-refractivity contribution is 5.84. The largest absolute Gasteiger partial charge is 0.204 e. The third kappa shape index (κ3) is 6.67. The van der Waals surface area contributed by atoms with Gasteiger partial charge in [-0.1, -0.05) is 88.3 Å². The van der Waals surface area contributed by atoms with Gasteiger partial charge in [-0.15, -0.1) is 0 Å². The van der Waals surface area contributed by atoms with Crippen LogP contribution in [0.5, 0.6) is 0 Å². The average Bonchev–Trinajstić information content (AvgIpc) is 2.84. The molecular formula is C31H34F2. The van der Waals surface area contributed by atoms with Crippen molar-refractivity contribution in [3.05, 3.63) is 82.9 Å². The van der Waals surface area contributed by atoms with Crippen LogP contribution in [0.2, 0.25) is 0 Å². The van der Waals surface area contributed by atoms with Crippen LogP contribution in [0.1, 0.15) is 81.4 Å². The van der Waals surface area contributed by atoms with Crippen LogP contribution in [-0.2, 0) is 6.42 Å². The minimum absolute atomic E-state index is 0.658. The van der Waals surface area contributed by atoms with Gasteiger partial charge >= 0.3 is 0 Å². The fourth-order valence-electron chi connectivity index (χ4n) is 5.08. The molecule has 1 fully saturated rings. The Morgan fingerprint density at radius 1 is 0.697 bits per heavy atom. The fraction of sp³-hybridized carbons (Fsp3) is 0.419. The number of rotatable bonds is 7. The lowest BCUT2D eigenvalue weighted by Crippen LogP contribution is -2.15. The highest BCUT2D eigenvalue weighted by atomic mass is 19.2. The Kier molecular flexibility index (Phi) is 8.16. The summed E-state index contributed by atoms with van der Waals surface area (Å²) in [6, 6.07) is 16.4. The molecular weight excluding hydrogens is 410 g/mol. The number of fused-ring (bicyclic) bond motifs is 1. The van der Waals surface area contributed by atoms with Gasteiger partial charge < -0.3 is 0 Å². The molecule has 4 rings (SSSR count). The molecule has 0 nitrogen and oxygen atoms in total. The van der Waals surface area contributed by atoms with E-state index in [4.69, 9.17) is 0 Å². The van der Waals surface area contributed by atoms with Crippen molar-refractivity contribution < 1.29 is 8.78 Å². The predicted octanol–water partition coefficient (Wildman–Crippen LogP) is 8.84. The van der Waals surface area contributed by atoms with Gasteiger partial charge in [-0.3, -0.25) is 0 Å². The lowest BCUT2D eigenvalue weighted by Gasteiger charge is -2.28. The molecule has 0 aliphatic heterocycles.